The summed E-state index contributed by atoms with van der Waals surface area (Å²) in [6.07, 6.45) is 1.24. The number of benzene rings is 2. The zero-order chi connectivity index (χ0) is 15.1. The lowest BCUT2D eigenvalue weighted by atomic mass is 10.1. The first-order chi connectivity index (χ1) is 10.2. The van der Waals surface area contributed by atoms with E-state index in [1.54, 1.807) is 18.2 Å². The Balaban J connectivity index is 1.86. The van der Waals surface area contributed by atoms with Crippen LogP contribution in [0.1, 0.15) is 11.1 Å². The van der Waals surface area contributed by atoms with Crippen LogP contribution in [0, 0.1) is 0 Å². The molecule has 4 N–H and O–H groups in total. The minimum absolute atomic E-state index is 0.0413. The second kappa shape index (κ2) is 7.67. The van der Waals surface area contributed by atoms with Gasteiger partial charge in [0.25, 0.3) is 0 Å². The van der Waals surface area contributed by atoms with E-state index in [1.807, 2.05) is 30.3 Å². The molecule has 0 saturated carbocycles. The van der Waals surface area contributed by atoms with Crippen molar-refractivity contribution in [3.05, 3.63) is 59.7 Å². The number of nitrogens with one attached hydrogen (secondary N) is 1. The normalized spacial score (nSPS) is 12.2. The molecule has 0 unspecified atom stereocenters. The number of aromatic hydroxyl groups is 2. The number of aliphatic hydroxyl groups excluding tert-OH is 1. The maximum absolute atomic E-state index is 9.71. The minimum atomic E-state index is -0.0413. The number of phenolic OH excluding ortho intramolecular Hbond substituents is 2. The number of hydrogen-bond donors (Lipinski definition) is 4. The Morgan fingerprint density at radius 2 is 1.57 bits per heavy atom. The van der Waals surface area contributed by atoms with E-state index >= 15 is 0 Å². The summed E-state index contributed by atoms with van der Waals surface area (Å²) in [5.41, 5.74) is 1.69. The molecule has 0 aliphatic carbocycles. The minimum Gasteiger partial charge on any atom is -0.508 e. The second-order valence-corrected chi connectivity index (χ2v) is 5.05. The first kappa shape index (κ1) is 15.4. The Morgan fingerprint density at radius 1 is 0.905 bits per heavy atom. The van der Waals surface area contributed by atoms with E-state index in [1.165, 1.54) is 0 Å². The standard InChI is InChI=1S/C17H21NO3/c19-12-14(11-13-5-2-1-3-6-13)18-10-9-15-16(20)7-4-8-17(15)21/h1-8,14,18-21H,9-12H2/t14-/m0/s1. The van der Waals surface area contributed by atoms with Gasteiger partial charge in [0, 0.05) is 11.6 Å². The van der Waals surface area contributed by atoms with Crippen molar-refractivity contribution in [2.45, 2.75) is 18.9 Å². The first-order valence-electron chi connectivity index (χ1n) is 7.08. The fraction of sp³-hybridized carbons (Fsp3) is 0.294. The lowest BCUT2D eigenvalue weighted by molar-refractivity contribution is 0.242. The van der Waals surface area contributed by atoms with Crippen molar-refractivity contribution in [2.24, 2.45) is 0 Å². The molecule has 21 heavy (non-hydrogen) atoms. The smallest absolute Gasteiger partial charge is 0.122 e. The SMILES string of the molecule is OC[C@H](Cc1ccccc1)NCCc1c(O)cccc1O. The summed E-state index contributed by atoms with van der Waals surface area (Å²) >= 11 is 0. The number of phenols is 2. The van der Waals surface area contributed by atoms with E-state index in [0.717, 1.165) is 12.0 Å². The van der Waals surface area contributed by atoms with E-state index in [0.29, 0.717) is 18.5 Å². The average molecular weight is 287 g/mol. The van der Waals surface area contributed by atoms with Crippen LogP contribution in [0.2, 0.25) is 0 Å². The molecule has 112 valence electrons. The average Bonchev–Trinajstić information content (AvgIpc) is 2.50. The van der Waals surface area contributed by atoms with Gasteiger partial charge in [-0.1, -0.05) is 36.4 Å². The number of hydrogen-bond acceptors (Lipinski definition) is 4. The molecule has 0 heterocycles. The van der Waals surface area contributed by atoms with Crippen molar-refractivity contribution in [2.75, 3.05) is 13.2 Å². The predicted molar refractivity (Wildman–Crippen MR) is 82.5 cm³/mol. The van der Waals surface area contributed by atoms with Gasteiger partial charge in [-0.2, -0.15) is 0 Å². The third-order valence-corrected chi connectivity index (χ3v) is 3.48. The van der Waals surface area contributed by atoms with E-state index in [9.17, 15) is 15.3 Å². The zero-order valence-corrected chi connectivity index (χ0v) is 11.9. The van der Waals surface area contributed by atoms with Crippen LogP contribution in [0.4, 0.5) is 0 Å². The summed E-state index contributed by atoms with van der Waals surface area (Å²) in [7, 11) is 0. The highest BCUT2D eigenvalue weighted by Crippen LogP contribution is 2.26. The molecule has 0 amide bonds. The molecule has 0 fully saturated rings. The Hall–Kier alpha value is -2.04. The van der Waals surface area contributed by atoms with Crippen LogP contribution >= 0.6 is 0 Å². The summed E-state index contributed by atoms with van der Waals surface area (Å²) in [5, 5.41) is 32.1. The third kappa shape index (κ3) is 4.48. The first-order valence-corrected chi connectivity index (χ1v) is 7.08. The lowest BCUT2D eigenvalue weighted by Gasteiger charge is -2.17. The van der Waals surface area contributed by atoms with Gasteiger partial charge in [0.15, 0.2) is 0 Å². The van der Waals surface area contributed by atoms with Gasteiger partial charge >= 0.3 is 0 Å². The van der Waals surface area contributed by atoms with Crippen molar-refractivity contribution in [1.82, 2.24) is 5.32 Å². The van der Waals surface area contributed by atoms with Crippen LogP contribution in [-0.2, 0) is 12.8 Å². The highest BCUT2D eigenvalue weighted by atomic mass is 16.3. The quantitative estimate of drug-likeness (QED) is 0.627. The molecule has 0 aliphatic heterocycles. The van der Waals surface area contributed by atoms with Gasteiger partial charge in [-0.15, -0.1) is 0 Å². The highest BCUT2D eigenvalue weighted by molar-refractivity contribution is 5.43. The van der Waals surface area contributed by atoms with E-state index in [4.69, 9.17) is 0 Å². The summed E-state index contributed by atoms with van der Waals surface area (Å²) in [6.45, 7) is 0.616. The largest absolute Gasteiger partial charge is 0.508 e. The van der Waals surface area contributed by atoms with Crippen LogP contribution in [0.3, 0.4) is 0 Å². The van der Waals surface area contributed by atoms with Crippen LogP contribution in [0.25, 0.3) is 0 Å². The topological polar surface area (TPSA) is 72.7 Å². The monoisotopic (exact) mass is 287 g/mol. The Bertz CT molecular complexity index is 537. The summed E-state index contributed by atoms with van der Waals surface area (Å²) < 4.78 is 0. The molecule has 0 aliphatic rings. The molecule has 0 spiro atoms. The molecule has 2 rings (SSSR count). The van der Waals surface area contributed by atoms with E-state index in [2.05, 4.69) is 5.32 Å². The third-order valence-electron chi connectivity index (χ3n) is 3.48. The fourth-order valence-corrected chi connectivity index (χ4v) is 2.32. The van der Waals surface area contributed by atoms with Gasteiger partial charge in [-0.3, -0.25) is 0 Å². The Kier molecular flexibility index (Phi) is 5.60. The van der Waals surface area contributed by atoms with Gasteiger partial charge in [0.05, 0.1) is 6.61 Å². The molecule has 0 bridgehead atoms. The molecule has 0 saturated heterocycles. The van der Waals surface area contributed by atoms with Crippen LogP contribution in [0.5, 0.6) is 11.5 Å². The highest BCUT2D eigenvalue weighted by Gasteiger charge is 2.10. The molecular formula is C17H21NO3. The van der Waals surface area contributed by atoms with Crippen LogP contribution < -0.4 is 5.32 Å². The summed E-state index contributed by atoms with van der Waals surface area (Å²) in [5.74, 6) is 0.195. The van der Waals surface area contributed by atoms with Gasteiger partial charge < -0.3 is 20.6 Å². The van der Waals surface area contributed by atoms with Crippen molar-refractivity contribution in [3.63, 3.8) is 0 Å². The molecule has 2 aromatic carbocycles. The van der Waals surface area contributed by atoms with Gasteiger partial charge in [-0.25, -0.2) is 0 Å². The molecule has 4 nitrogen and oxygen atoms in total. The maximum atomic E-state index is 9.71. The van der Waals surface area contributed by atoms with Crippen molar-refractivity contribution in [1.29, 1.82) is 0 Å². The predicted octanol–water partition coefficient (Wildman–Crippen LogP) is 1.83. The second-order valence-electron chi connectivity index (χ2n) is 5.05. The number of aliphatic hydroxyl groups is 1. The lowest BCUT2D eigenvalue weighted by Crippen LogP contribution is -2.35. The summed E-state index contributed by atoms with van der Waals surface area (Å²) in [4.78, 5) is 0. The van der Waals surface area contributed by atoms with Crippen molar-refractivity contribution in [3.8, 4) is 11.5 Å². The molecule has 0 aromatic heterocycles. The van der Waals surface area contributed by atoms with Gasteiger partial charge in [0.2, 0.25) is 0 Å². The Morgan fingerprint density at radius 3 is 2.19 bits per heavy atom. The molecule has 1 atom stereocenters. The molecule has 0 radical (unpaired) electrons. The summed E-state index contributed by atoms with van der Waals surface area (Å²) in [6, 6.07) is 14.6. The molecule has 4 heteroatoms. The fourth-order valence-electron chi connectivity index (χ4n) is 2.32. The van der Waals surface area contributed by atoms with Crippen molar-refractivity contribution >= 4 is 0 Å². The zero-order valence-electron chi connectivity index (χ0n) is 11.9. The van der Waals surface area contributed by atoms with Crippen LogP contribution in [0.15, 0.2) is 48.5 Å². The van der Waals surface area contributed by atoms with Gasteiger partial charge in [0.1, 0.15) is 11.5 Å². The van der Waals surface area contributed by atoms with E-state index < -0.39 is 0 Å². The van der Waals surface area contributed by atoms with E-state index in [-0.39, 0.29) is 24.1 Å². The molecule has 2 aromatic rings. The van der Waals surface area contributed by atoms with Gasteiger partial charge in [-0.05, 0) is 37.1 Å². The maximum Gasteiger partial charge on any atom is 0.122 e. The Labute approximate surface area is 124 Å². The van der Waals surface area contributed by atoms with Crippen LogP contribution in [-0.4, -0.2) is 34.5 Å². The number of rotatable bonds is 7. The molecular weight excluding hydrogens is 266 g/mol. The van der Waals surface area contributed by atoms with Crippen molar-refractivity contribution < 1.29 is 15.3 Å².